The molecule has 3 aromatic rings. The van der Waals surface area contributed by atoms with Crippen LogP contribution in [0.1, 0.15) is 32.1 Å². The van der Waals surface area contributed by atoms with E-state index in [1.165, 1.54) is 32.1 Å². The molecule has 0 saturated heterocycles. The number of rotatable bonds is 4. The van der Waals surface area contributed by atoms with Gasteiger partial charge in [-0.2, -0.15) is 0 Å². The van der Waals surface area contributed by atoms with Crippen molar-refractivity contribution in [3.05, 3.63) is 91.0 Å². The van der Waals surface area contributed by atoms with Gasteiger partial charge in [-0.15, -0.1) is 0 Å². The predicted octanol–water partition coefficient (Wildman–Crippen LogP) is 4.49. The van der Waals surface area contributed by atoms with Crippen molar-refractivity contribution in [1.82, 2.24) is 0 Å². The molecule has 0 atom stereocenters. The summed E-state index contributed by atoms with van der Waals surface area (Å²) >= 11 is -2.49. The molecule has 0 amide bonds. The Morgan fingerprint density at radius 2 is 0.840 bits per heavy atom. The molecule has 1 fully saturated rings. The van der Waals surface area contributed by atoms with Crippen molar-refractivity contribution in [3.8, 4) is 0 Å². The summed E-state index contributed by atoms with van der Waals surface area (Å²) in [6, 6.07) is 34.3. The van der Waals surface area contributed by atoms with E-state index in [2.05, 4.69) is 91.0 Å². The molecule has 0 N–H and O–H groups in total. The van der Waals surface area contributed by atoms with Gasteiger partial charge < -0.3 is 0 Å². The van der Waals surface area contributed by atoms with E-state index in [4.69, 9.17) is 0 Å². The van der Waals surface area contributed by atoms with Crippen LogP contribution in [0.25, 0.3) is 0 Å². The molecule has 1 aliphatic rings. The molecule has 0 aliphatic heterocycles. The number of hydrogen-bond donors (Lipinski definition) is 0. The topological polar surface area (TPSA) is 0 Å². The third-order valence-corrected chi connectivity index (χ3v) is 16.0. The van der Waals surface area contributed by atoms with Gasteiger partial charge in [0, 0.05) is 0 Å². The Labute approximate surface area is 154 Å². The zero-order valence-electron chi connectivity index (χ0n) is 14.7. The van der Waals surface area contributed by atoms with E-state index in [9.17, 15) is 0 Å². The van der Waals surface area contributed by atoms with Crippen LogP contribution in [0.5, 0.6) is 0 Å². The second-order valence-electron chi connectivity index (χ2n) is 7.02. The maximum absolute atomic E-state index is 2.49. The Bertz CT molecular complexity index is 677. The SMILES string of the molecule is c1ccc([As+](c2ccccc2)(c2ccccc2)C2CCCCC2)cc1. The Kier molecular flexibility index (Phi) is 5.09. The molecule has 3 aromatic carbocycles. The first kappa shape index (κ1) is 16.7. The summed E-state index contributed by atoms with van der Waals surface area (Å²) in [5, 5.41) is 0. The molecule has 1 saturated carbocycles. The van der Waals surface area contributed by atoms with Gasteiger partial charge in [0.15, 0.2) is 0 Å². The first-order valence-corrected chi connectivity index (χ1v) is 13.4. The fraction of sp³-hybridized carbons (Fsp3) is 0.250. The Balaban J connectivity index is 2.01. The van der Waals surface area contributed by atoms with Crippen LogP contribution in [0.4, 0.5) is 0 Å². The van der Waals surface area contributed by atoms with Crippen LogP contribution in [0.2, 0.25) is 4.71 Å². The quantitative estimate of drug-likeness (QED) is 0.577. The molecule has 0 bridgehead atoms. The van der Waals surface area contributed by atoms with Crippen LogP contribution < -0.4 is 13.1 Å². The average molecular weight is 389 g/mol. The summed E-state index contributed by atoms with van der Waals surface area (Å²) in [6.45, 7) is 0. The zero-order chi connectivity index (χ0) is 17.0. The van der Waals surface area contributed by atoms with Crippen LogP contribution in [-0.2, 0) is 0 Å². The summed E-state index contributed by atoms with van der Waals surface area (Å²) in [5.41, 5.74) is 0. The van der Waals surface area contributed by atoms with E-state index in [-0.39, 0.29) is 0 Å². The molecule has 4 rings (SSSR count). The molecule has 126 valence electrons. The van der Waals surface area contributed by atoms with Crippen molar-refractivity contribution in [1.29, 1.82) is 0 Å². The molecule has 0 heterocycles. The minimum atomic E-state index is -2.49. The molecule has 1 aliphatic carbocycles. The molecular weight excluding hydrogens is 363 g/mol. The predicted molar refractivity (Wildman–Crippen MR) is 111 cm³/mol. The standard InChI is InChI=1S/C24H26As/c1-5-13-21(14-6-1)25(22-15-7-2-8-16-22,23-17-9-3-10-18-23)24-19-11-4-12-20-24/h1-3,5-10,13-18,24H,4,11-12,19-20H2/q+1. The molecule has 25 heavy (non-hydrogen) atoms. The maximum atomic E-state index is 2.40. The Morgan fingerprint density at radius 1 is 0.480 bits per heavy atom. The van der Waals surface area contributed by atoms with Crippen molar-refractivity contribution < 1.29 is 0 Å². The molecular formula is C24H26As+. The normalized spacial score (nSPS) is 15.8. The molecule has 0 aromatic heterocycles. The fourth-order valence-corrected chi connectivity index (χ4v) is 15.5. The van der Waals surface area contributed by atoms with Gasteiger partial charge >= 0.3 is 154 Å². The number of benzene rings is 3. The van der Waals surface area contributed by atoms with Gasteiger partial charge in [-0.25, -0.2) is 0 Å². The summed E-state index contributed by atoms with van der Waals surface area (Å²) < 4.78 is 5.62. The molecule has 0 nitrogen and oxygen atoms in total. The minimum absolute atomic E-state index is 0.819. The van der Waals surface area contributed by atoms with E-state index >= 15 is 0 Å². The van der Waals surface area contributed by atoms with Crippen LogP contribution >= 0.6 is 0 Å². The van der Waals surface area contributed by atoms with Gasteiger partial charge in [0.2, 0.25) is 0 Å². The Hall–Kier alpha value is -1.78. The number of hydrogen-bond acceptors (Lipinski definition) is 0. The van der Waals surface area contributed by atoms with Gasteiger partial charge in [-0.1, -0.05) is 0 Å². The van der Waals surface area contributed by atoms with Crippen LogP contribution in [0.15, 0.2) is 91.0 Å². The van der Waals surface area contributed by atoms with Crippen LogP contribution in [0, 0.1) is 0 Å². The van der Waals surface area contributed by atoms with E-state index in [0.717, 1.165) is 4.71 Å². The van der Waals surface area contributed by atoms with E-state index in [1.54, 1.807) is 13.1 Å². The van der Waals surface area contributed by atoms with E-state index in [1.807, 2.05) is 0 Å². The molecule has 1 heteroatoms. The molecule has 0 radical (unpaired) electrons. The zero-order valence-corrected chi connectivity index (χ0v) is 16.6. The summed E-state index contributed by atoms with van der Waals surface area (Å²) in [4.78, 5) is 0. The monoisotopic (exact) mass is 389 g/mol. The van der Waals surface area contributed by atoms with Gasteiger partial charge in [0.25, 0.3) is 0 Å². The third kappa shape index (κ3) is 3.09. The van der Waals surface area contributed by atoms with Crippen molar-refractivity contribution >= 4 is 26.6 Å². The first-order chi connectivity index (χ1) is 12.4. The van der Waals surface area contributed by atoms with Crippen molar-refractivity contribution in [3.63, 3.8) is 0 Å². The second kappa shape index (κ2) is 7.63. The molecule has 0 spiro atoms. The van der Waals surface area contributed by atoms with Crippen molar-refractivity contribution in [2.24, 2.45) is 0 Å². The summed E-state index contributed by atoms with van der Waals surface area (Å²) in [6.07, 6.45) is 6.95. The van der Waals surface area contributed by atoms with Gasteiger partial charge in [-0.3, -0.25) is 0 Å². The van der Waals surface area contributed by atoms with Gasteiger partial charge in [0.05, 0.1) is 0 Å². The Morgan fingerprint density at radius 3 is 1.20 bits per heavy atom. The van der Waals surface area contributed by atoms with Gasteiger partial charge in [0.1, 0.15) is 0 Å². The fourth-order valence-electron chi connectivity index (χ4n) is 4.54. The van der Waals surface area contributed by atoms with E-state index in [0.29, 0.717) is 0 Å². The van der Waals surface area contributed by atoms with Gasteiger partial charge in [-0.05, 0) is 0 Å². The second-order valence-corrected chi connectivity index (χ2v) is 14.8. The van der Waals surface area contributed by atoms with E-state index < -0.39 is 13.6 Å². The van der Waals surface area contributed by atoms with Crippen molar-refractivity contribution in [2.45, 2.75) is 36.8 Å². The summed E-state index contributed by atoms with van der Waals surface area (Å²) in [7, 11) is 0. The van der Waals surface area contributed by atoms with Crippen LogP contribution in [-0.4, -0.2) is 13.6 Å². The third-order valence-electron chi connectivity index (χ3n) is 5.61. The van der Waals surface area contributed by atoms with Crippen molar-refractivity contribution in [2.75, 3.05) is 0 Å². The molecule has 0 unspecified atom stereocenters. The van der Waals surface area contributed by atoms with Crippen LogP contribution in [0.3, 0.4) is 0 Å². The first-order valence-electron chi connectivity index (χ1n) is 9.48. The summed E-state index contributed by atoms with van der Waals surface area (Å²) in [5.74, 6) is 0. The average Bonchev–Trinajstić information content (AvgIpc) is 2.72.